The van der Waals surface area contributed by atoms with Crippen LogP contribution in [0.25, 0.3) is 0 Å². The minimum Gasteiger partial charge on any atom is -0.332 e. The summed E-state index contributed by atoms with van der Waals surface area (Å²) < 4.78 is 42.0. The number of rotatable bonds is 3. The Bertz CT molecular complexity index is 967. The molecular weight excluding hydrogens is 385 g/mol. The molecule has 154 valence electrons. The number of nitrogens with zero attached hydrogens (tertiary/aromatic N) is 4. The number of fused-ring (bicyclic) bond motifs is 1. The van der Waals surface area contributed by atoms with Crippen LogP contribution in [-0.2, 0) is 22.6 Å². The van der Waals surface area contributed by atoms with Gasteiger partial charge in [-0.1, -0.05) is 0 Å². The summed E-state index contributed by atoms with van der Waals surface area (Å²) in [6.07, 6.45) is 2.67. The molecule has 2 aliphatic rings. The van der Waals surface area contributed by atoms with E-state index in [1.54, 1.807) is 16.0 Å². The van der Waals surface area contributed by atoms with Crippen LogP contribution in [0.15, 0.2) is 18.3 Å². The maximum atomic E-state index is 13.5. The largest absolute Gasteiger partial charge is 0.332 e. The van der Waals surface area contributed by atoms with Crippen molar-refractivity contribution in [3.05, 3.63) is 47.0 Å². The number of benzene rings is 1. The minimum atomic E-state index is -1.55. The number of halogens is 3. The summed E-state index contributed by atoms with van der Waals surface area (Å²) in [6, 6.07) is 1.32. The second-order valence-electron chi connectivity index (χ2n) is 7.62. The molecule has 0 spiro atoms. The zero-order valence-electron chi connectivity index (χ0n) is 16.2. The van der Waals surface area contributed by atoms with Crippen LogP contribution in [0.4, 0.5) is 18.9 Å². The molecule has 0 saturated carbocycles. The van der Waals surface area contributed by atoms with E-state index in [1.165, 1.54) is 0 Å². The first-order chi connectivity index (χ1) is 13.8. The first kappa shape index (κ1) is 19.5. The molecule has 1 aromatic carbocycles. The molecule has 0 N–H and O–H groups in total. The molecule has 2 aliphatic heterocycles. The van der Waals surface area contributed by atoms with Gasteiger partial charge in [-0.15, -0.1) is 0 Å². The third kappa shape index (κ3) is 3.28. The van der Waals surface area contributed by atoms with Gasteiger partial charge < -0.3 is 9.80 Å². The Hall–Kier alpha value is -2.84. The Labute approximate surface area is 165 Å². The lowest BCUT2D eigenvalue weighted by Gasteiger charge is -2.39. The van der Waals surface area contributed by atoms with E-state index in [0.29, 0.717) is 18.7 Å². The van der Waals surface area contributed by atoms with E-state index >= 15 is 0 Å². The Kier molecular flexibility index (Phi) is 4.84. The van der Waals surface area contributed by atoms with E-state index in [9.17, 15) is 22.8 Å². The lowest BCUT2D eigenvalue weighted by atomic mass is 10.0. The van der Waals surface area contributed by atoms with Gasteiger partial charge in [0, 0.05) is 13.0 Å². The van der Waals surface area contributed by atoms with Gasteiger partial charge in [0.2, 0.25) is 11.8 Å². The van der Waals surface area contributed by atoms with E-state index in [1.807, 2.05) is 18.5 Å². The molecular formula is C20H21F3N4O2. The molecule has 0 radical (unpaired) electrons. The summed E-state index contributed by atoms with van der Waals surface area (Å²) >= 11 is 0. The summed E-state index contributed by atoms with van der Waals surface area (Å²) in [5, 5.41) is 4.42. The van der Waals surface area contributed by atoms with E-state index in [0.717, 1.165) is 24.2 Å². The Morgan fingerprint density at radius 1 is 1.17 bits per heavy atom. The standard InChI is InChI=1S/C20H21F3N4O2/c1-11-12(2)27-17(16(9-24-27)25-5-3-4-18(25)28)10-26(11)19(29)8-13-6-14(21)20(23)15(22)7-13/h6-7,9,11-12H,3-5,8,10H2,1-2H3/t11-,12+/m0/s1. The molecule has 3 heterocycles. The smallest absolute Gasteiger partial charge is 0.227 e. The third-order valence-corrected chi connectivity index (χ3v) is 5.86. The van der Waals surface area contributed by atoms with Crippen molar-refractivity contribution < 1.29 is 22.8 Å². The molecule has 0 unspecified atom stereocenters. The minimum absolute atomic E-state index is 0.0298. The molecule has 1 fully saturated rings. The van der Waals surface area contributed by atoms with Crippen molar-refractivity contribution in [2.45, 2.75) is 51.7 Å². The Morgan fingerprint density at radius 3 is 2.48 bits per heavy atom. The van der Waals surface area contributed by atoms with Gasteiger partial charge in [0.25, 0.3) is 0 Å². The van der Waals surface area contributed by atoms with Gasteiger partial charge in [-0.3, -0.25) is 14.3 Å². The second-order valence-corrected chi connectivity index (χ2v) is 7.62. The fourth-order valence-electron chi connectivity index (χ4n) is 4.08. The molecule has 2 amide bonds. The topological polar surface area (TPSA) is 58.4 Å². The SMILES string of the molecule is C[C@@H]1[C@H](C)N(C(=O)Cc2cc(F)c(F)c(F)c2)Cc2c(N3CCCC3=O)cnn21. The molecule has 1 aromatic heterocycles. The quantitative estimate of drug-likeness (QED) is 0.737. The van der Waals surface area contributed by atoms with Crippen molar-refractivity contribution in [1.29, 1.82) is 0 Å². The number of hydrogen-bond acceptors (Lipinski definition) is 3. The first-order valence-corrected chi connectivity index (χ1v) is 9.57. The number of amides is 2. The molecule has 2 atom stereocenters. The number of hydrogen-bond donors (Lipinski definition) is 0. The number of carbonyl (C=O) groups is 2. The van der Waals surface area contributed by atoms with Gasteiger partial charge in [-0.2, -0.15) is 5.10 Å². The Morgan fingerprint density at radius 2 is 1.86 bits per heavy atom. The average Bonchev–Trinajstić information content (AvgIpc) is 3.28. The second kappa shape index (κ2) is 7.20. The summed E-state index contributed by atoms with van der Waals surface area (Å²) in [6.45, 7) is 4.65. The highest BCUT2D eigenvalue weighted by molar-refractivity contribution is 5.95. The molecule has 29 heavy (non-hydrogen) atoms. The molecule has 0 aliphatic carbocycles. The highest BCUT2D eigenvalue weighted by Gasteiger charge is 2.36. The summed E-state index contributed by atoms with van der Waals surface area (Å²) in [4.78, 5) is 28.4. The number of aromatic nitrogens is 2. The van der Waals surface area contributed by atoms with Gasteiger partial charge in [0.1, 0.15) is 0 Å². The van der Waals surface area contributed by atoms with Crippen LogP contribution in [0.1, 0.15) is 44.0 Å². The third-order valence-electron chi connectivity index (χ3n) is 5.86. The maximum Gasteiger partial charge on any atom is 0.227 e. The van der Waals surface area contributed by atoms with E-state index in [-0.39, 0.29) is 42.4 Å². The number of anilines is 1. The predicted molar refractivity (Wildman–Crippen MR) is 98.6 cm³/mol. The van der Waals surface area contributed by atoms with Gasteiger partial charge in [0.05, 0.1) is 42.6 Å². The lowest BCUT2D eigenvalue weighted by molar-refractivity contribution is -0.135. The highest BCUT2D eigenvalue weighted by atomic mass is 19.2. The summed E-state index contributed by atoms with van der Waals surface area (Å²) in [5.74, 6) is -4.49. The van der Waals surface area contributed by atoms with Crippen LogP contribution < -0.4 is 4.90 Å². The van der Waals surface area contributed by atoms with Crippen molar-refractivity contribution in [2.24, 2.45) is 0 Å². The van der Waals surface area contributed by atoms with E-state index in [2.05, 4.69) is 5.10 Å². The van der Waals surface area contributed by atoms with Crippen molar-refractivity contribution in [2.75, 3.05) is 11.4 Å². The van der Waals surface area contributed by atoms with Crippen molar-refractivity contribution in [3.8, 4) is 0 Å². The maximum absolute atomic E-state index is 13.5. The monoisotopic (exact) mass is 406 g/mol. The van der Waals surface area contributed by atoms with E-state index < -0.39 is 17.5 Å². The van der Waals surface area contributed by atoms with Crippen LogP contribution in [-0.4, -0.2) is 39.1 Å². The first-order valence-electron chi connectivity index (χ1n) is 9.57. The van der Waals surface area contributed by atoms with Crippen molar-refractivity contribution in [1.82, 2.24) is 14.7 Å². The van der Waals surface area contributed by atoms with Crippen molar-refractivity contribution in [3.63, 3.8) is 0 Å². The van der Waals surface area contributed by atoms with Crippen LogP contribution in [0.2, 0.25) is 0 Å². The van der Waals surface area contributed by atoms with Gasteiger partial charge >= 0.3 is 0 Å². The summed E-state index contributed by atoms with van der Waals surface area (Å²) in [5.41, 5.74) is 1.53. The van der Waals surface area contributed by atoms with Crippen LogP contribution in [0.5, 0.6) is 0 Å². The van der Waals surface area contributed by atoms with E-state index in [4.69, 9.17) is 0 Å². The molecule has 1 saturated heterocycles. The summed E-state index contributed by atoms with van der Waals surface area (Å²) in [7, 11) is 0. The molecule has 2 aromatic rings. The molecule has 9 heteroatoms. The molecule has 0 bridgehead atoms. The molecule has 4 rings (SSSR count). The zero-order chi connectivity index (χ0) is 20.9. The predicted octanol–water partition coefficient (Wildman–Crippen LogP) is 2.96. The van der Waals surface area contributed by atoms with Crippen LogP contribution in [0, 0.1) is 17.5 Å². The van der Waals surface area contributed by atoms with Crippen LogP contribution in [0.3, 0.4) is 0 Å². The van der Waals surface area contributed by atoms with Crippen molar-refractivity contribution >= 4 is 17.5 Å². The fraction of sp³-hybridized carbons (Fsp3) is 0.450. The fourth-order valence-corrected chi connectivity index (χ4v) is 4.08. The highest BCUT2D eigenvalue weighted by Crippen LogP contribution is 2.34. The lowest BCUT2D eigenvalue weighted by Crippen LogP contribution is -2.48. The average molecular weight is 406 g/mol. The van der Waals surface area contributed by atoms with Gasteiger partial charge in [0.15, 0.2) is 17.5 Å². The van der Waals surface area contributed by atoms with Gasteiger partial charge in [-0.25, -0.2) is 13.2 Å². The zero-order valence-corrected chi connectivity index (χ0v) is 16.2. The Balaban J connectivity index is 1.60. The van der Waals surface area contributed by atoms with Gasteiger partial charge in [-0.05, 0) is 38.0 Å². The molecule has 6 nitrogen and oxygen atoms in total. The van der Waals surface area contributed by atoms with Crippen LogP contribution >= 0.6 is 0 Å². The number of carbonyl (C=O) groups excluding carboxylic acids is 2. The normalized spacial score (nSPS) is 21.6.